The Kier molecular flexibility index (Phi) is 5.28. The van der Waals surface area contributed by atoms with Crippen molar-refractivity contribution in [2.24, 2.45) is 0 Å². The molecular formula is C17H13F6OP. The molecule has 8 heteroatoms. The van der Waals surface area contributed by atoms with Gasteiger partial charge in [0.1, 0.15) is 0 Å². The van der Waals surface area contributed by atoms with Gasteiger partial charge in [-0.15, -0.1) is 0 Å². The second kappa shape index (κ2) is 6.79. The first-order valence-corrected chi connectivity index (χ1v) is 8.08. The molecule has 0 aliphatic carbocycles. The first-order valence-electron chi connectivity index (χ1n) is 7.08. The Hall–Kier alpha value is -1.88. The molecule has 0 radical (unpaired) electrons. The second-order valence-corrected chi connectivity index (χ2v) is 6.65. The van der Waals surface area contributed by atoms with Crippen molar-refractivity contribution in [2.75, 3.05) is 0 Å². The minimum Gasteiger partial charge on any atom is -0.289 e. The van der Waals surface area contributed by atoms with Crippen LogP contribution >= 0.6 is 8.58 Å². The van der Waals surface area contributed by atoms with Crippen molar-refractivity contribution >= 4 is 19.4 Å². The fraction of sp³-hybridized carbons (Fsp3) is 0.235. The molecule has 0 fully saturated rings. The van der Waals surface area contributed by atoms with E-state index in [-0.39, 0.29) is 0 Å². The summed E-state index contributed by atoms with van der Waals surface area (Å²) in [7, 11) is -0.835. The zero-order valence-electron chi connectivity index (χ0n) is 13.1. The van der Waals surface area contributed by atoms with Gasteiger partial charge in [-0.2, -0.15) is 26.3 Å². The molecule has 0 bridgehead atoms. The molecule has 0 aliphatic heterocycles. The van der Waals surface area contributed by atoms with Crippen LogP contribution in [0.15, 0.2) is 36.4 Å². The van der Waals surface area contributed by atoms with Gasteiger partial charge in [0.05, 0.1) is 11.1 Å². The van der Waals surface area contributed by atoms with Crippen LogP contribution in [-0.4, -0.2) is 5.52 Å². The maximum atomic E-state index is 13.2. The highest BCUT2D eigenvalue weighted by atomic mass is 31.1. The summed E-state index contributed by atoms with van der Waals surface area (Å²) in [4.78, 5) is 12.5. The highest BCUT2D eigenvalue weighted by Gasteiger charge is 2.42. The Bertz CT molecular complexity index is 755. The molecule has 2 aromatic carbocycles. The molecule has 0 N–H and O–H groups in total. The molecule has 0 saturated heterocycles. The summed E-state index contributed by atoms with van der Waals surface area (Å²) >= 11 is 0. The molecular weight excluding hydrogens is 365 g/mol. The average molecular weight is 378 g/mol. The average Bonchev–Trinajstić information content (AvgIpc) is 2.48. The normalized spacial score (nSPS) is 12.8. The van der Waals surface area contributed by atoms with Crippen molar-refractivity contribution < 1.29 is 31.1 Å². The topological polar surface area (TPSA) is 17.1 Å². The maximum absolute atomic E-state index is 13.2. The predicted molar refractivity (Wildman–Crippen MR) is 84.6 cm³/mol. The molecule has 0 spiro atoms. The van der Waals surface area contributed by atoms with Gasteiger partial charge in [0, 0.05) is 5.56 Å². The Balaban J connectivity index is 2.62. The zero-order valence-corrected chi connectivity index (χ0v) is 14.1. The highest BCUT2D eigenvalue weighted by Crippen LogP contribution is 2.41. The summed E-state index contributed by atoms with van der Waals surface area (Å²) in [6.45, 7) is 3.31. The standard InChI is InChI=1S/C17H13F6OP/c1-9-5-3-6-10(2)14(9)25-15(24)13-11(16(18,19)20)7-4-8-12(13)17(21,22)23/h3-8,25H,1-2H3. The monoisotopic (exact) mass is 378 g/mol. The van der Waals surface area contributed by atoms with Crippen molar-refractivity contribution in [3.05, 3.63) is 64.2 Å². The van der Waals surface area contributed by atoms with E-state index in [0.29, 0.717) is 34.6 Å². The fourth-order valence-corrected chi connectivity index (χ4v) is 3.64. The number of carbonyl (C=O) groups is 1. The molecule has 0 amide bonds. The van der Waals surface area contributed by atoms with E-state index in [4.69, 9.17) is 0 Å². The summed E-state index contributed by atoms with van der Waals surface area (Å²) in [5, 5.41) is 0.456. The number of hydrogen-bond donors (Lipinski definition) is 0. The number of rotatable bonds is 3. The largest absolute Gasteiger partial charge is 0.417 e. The molecule has 1 nitrogen and oxygen atoms in total. The van der Waals surface area contributed by atoms with Crippen LogP contribution < -0.4 is 5.30 Å². The van der Waals surface area contributed by atoms with E-state index in [9.17, 15) is 31.1 Å². The lowest BCUT2D eigenvalue weighted by Gasteiger charge is -2.18. The van der Waals surface area contributed by atoms with Gasteiger partial charge in [-0.05, 0) is 51.0 Å². The van der Waals surface area contributed by atoms with Crippen LogP contribution in [0.2, 0.25) is 0 Å². The first-order chi connectivity index (χ1) is 11.4. The van der Waals surface area contributed by atoms with Crippen LogP contribution in [0.1, 0.15) is 32.6 Å². The summed E-state index contributed by atoms with van der Waals surface area (Å²) < 4.78 is 78.9. The van der Waals surface area contributed by atoms with E-state index < -0.39 is 43.1 Å². The van der Waals surface area contributed by atoms with Gasteiger partial charge in [-0.25, -0.2) is 0 Å². The summed E-state index contributed by atoms with van der Waals surface area (Å²) in [5.74, 6) is 0. The smallest absolute Gasteiger partial charge is 0.289 e. The number of aryl methyl sites for hydroxylation is 2. The van der Waals surface area contributed by atoms with Gasteiger partial charge in [0.25, 0.3) is 0 Å². The highest BCUT2D eigenvalue weighted by molar-refractivity contribution is 7.66. The number of alkyl halides is 6. The van der Waals surface area contributed by atoms with Crippen molar-refractivity contribution in [3.63, 3.8) is 0 Å². The molecule has 0 aliphatic rings. The van der Waals surface area contributed by atoms with Crippen LogP contribution in [0.5, 0.6) is 0 Å². The third-order valence-corrected chi connectivity index (χ3v) is 5.14. The van der Waals surface area contributed by atoms with Gasteiger partial charge >= 0.3 is 12.4 Å². The summed E-state index contributed by atoms with van der Waals surface area (Å²) in [6.07, 6.45) is -10.1. The first kappa shape index (κ1) is 19.4. The molecule has 1 atom stereocenters. The third-order valence-electron chi connectivity index (χ3n) is 3.62. The van der Waals surface area contributed by atoms with Gasteiger partial charge in [-0.1, -0.05) is 24.3 Å². The zero-order chi connectivity index (χ0) is 19.0. The molecule has 134 valence electrons. The van der Waals surface area contributed by atoms with E-state index in [1.54, 1.807) is 32.0 Å². The quantitative estimate of drug-likeness (QED) is 0.510. The number of hydrogen-bond acceptors (Lipinski definition) is 1. The Morgan fingerprint density at radius 3 is 1.60 bits per heavy atom. The lowest BCUT2D eigenvalue weighted by atomic mass is 10.0. The Labute approximate surface area is 141 Å². The maximum Gasteiger partial charge on any atom is 0.417 e. The van der Waals surface area contributed by atoms with Crippen LogP contribution in [0.25, 0.3) is 0 Å². The SMILES string of the molecule is Cc1cccc(C)c1PC(=O)c1c(C(F)(F)F)cccc1C(F)(F)F. The minimum atomic E-state index is -5.06. The minimum absolute atomic E-state index is 0.456. The lowest BCUT2D eigenvalue weighted by Crippen LogP contribution is -2.20. The van der Waals surface area contributed by atoms with E-state index >= 15 is 0 Å². The van der Waals surface area contributed by atoms with Crippen LogP contribution in [0, 0.1) is 13.8 Å². The molecule has 2 aromatic rings. The van der Waals surface area contributed by atoms with E-state index in [0.717, 1.165) is 0 Å². The number of halogens is 6. The van der Waals surface area contributed by atoms with Crippen molar-refractivity contribution in [1.82, 2.24) is 0 Å². The predicted octanol–water partition coefficient (Wildman–Crippen LogP) is 5.49. The van der Waals surface area contributed by atoms with E-state index in [2.05, 4.69) is 0 Å². The molecule has 1 unspecified atom stereocenters. The van der Waals surface area contributed by atoms with Gasteiger partial charge in [-0.3, -0.25) is 4.79 Å². The molecule has 2 rings (SSSR count). The molecule has 0 saturated carbocycles. The Morgan fingerprint density at radius 2 is 1.20 bits per heavy atom. The third kappa shape index (κ3) is 4.21. The van der Waals surface area contributed by atoms with Gasteiger partial charge in [0.2, 0.25) is 0 Å². The number of carbonyl (C=O) groups excluding carboxylic acids is 1. The fourth-order valence-electron chi connectivity index (χ4n) is 2.46. The molecule has 0 aromatic heterocycles. The summed E-state index contributed by atoms with van der Waals surface area (Å²) in [6, 6.07) is 6.67. The number of benzene rings is 2. The molecule has 25 heavy (non-hydrogen) atoms. The van der Waals surface area contributed by atoms with Crippen LogP contribution in [0.3, 0.4) is 0 Å². The van der Waals surface area contributed by atoms with Crippen molar-refractivity contribution in [2.45, 2.75) is 26.2 Å². The van der Waals surface area contributed by atoms with Gasteiger partial charge in [0.15, 0.2) is 5.52 Å². The summed E-state index contributed by atoms with van der Waals surface area (Å²) in [5.41, 5.74) is -4.34. The second-order valence-electron chi connectivity index (χ2n) is 5.44. The van der Waals surface area contributed by atoms with E-state index in [1.165, 1.54) is 0 Å². The lowest BCUT2D eigenvalue weighted by molar-refractivity contribution is -0.143. The van der Waals surface area contributed by atoms with Crippen LogP contribution in [0.4, 0.5) is 26.3 Å². The van der Waals surface area contributed by atoms with Crippen molar-refractivity contribution in [3.8, 4) is 0 Å². The van der Waals surface area contributed by atoms with Crippen molar-refractivity contribution in [1.29, 1.82) is 0 Å². The molecule has 0 heterocycles. The van der Waals surface area contributed by atoms with E-state index in [1.807, 2.05) is 0 Å². The van der Waals surface area contributed by atoms with Gasteiger partial charge < -0.3 is 0 Å². The Morgan fingerprint density at radius 1 is 0.800 bits per heavy atom. The van der Waals surface area contributed by atoms with Crippen LogP contribution in [-0.2, 0) is 12.4 Å².